The summed E-state index contributed by atoms with van der Waals surface area (Å²) in [5.74, 6) is 2.46. The Balaban J connectivity index is 2.02. The first kappa shape index (κ1) is 23.9. The molecule has 32 heavy (non-hydrogen) atoms. The lowest BCUT2D eigenvalue weighted by Crippen LogP contribution is -2.12. The number of aryl methyl sites for hydroxylation is 1. The van der Waals surface area contributed by atoms with Crippen LogP contribution in [-0.2, 0) is 0 Å². The maximum Gasteiger partial charge on any atom is 0.220 e. The van der Waals surface area contributed by atoms with Gasteiger partial charge >= 0.3 is 0 Å². The van der Waals surface area contributed by atoms with Gasteiger partial charge in [0.2, 0.25) is 6.54 Å². The SMILES string of the molecule is CCOc1cc(Br)c([C@H](C[N+](=O)[O-])Sc2nnc(C)n2-c2ccc(OC)cc2)cc1OC. The molecule has 0 saturated heterocycles. The molecule has 0 saturated carbocycles. The molecule has 0 aliphatic carbocycles. The fraction of sp³-hybridized carbons (Fsp3) is 0.333. The summed E-state index contributed by atoms with van der Waals surface area (Å²) in [5, 5.41) is 20.0. The summed E-state index contributed by atoms with van der Waals surface area (Å²) in [6.45, 7) is 3.87. The highest BCUT2D eigenvalue weighted by Gasteiger charge is 2.27. The van der Waals surface area contributed by atoms with Crippen molar-refractivity contribution < 1.29 is 19.1 Å². The van der Waals surface area contributed by atoms with E-state index in [9.17, 15) is 10.1 Å². The molecule has 1 heterocycles. The van der Waals surface area contributed by atoms with Gasteiger partial charge in [0.05, 0.1) is 20.8 Å². The number of ether oxygens (including phenoxy) is 3. The fourth-order valence-electron chi connectivity index (χ4n) is 3.13. The molecule has 9 nitrogen and oxygen atoms in total. The number of halogens is 1. The van der Waals surface area contributed by atoms with Crippen LogP contribution in [0.5, 0.6) is 17.2 Å². The van der Waals surface area contributed by atoms with Gasteiger partial charge in [0.15, 0.2) is 16.7 Å². The minimum absolute atomic E-state index is 0.311. The summed E-state index contributed by atoms with van der Waals surface area (Å²) >= 11 is 4.81. The maximum atomic E-state index is 11.5. The van der Waals surface area contributed by atoms with Crippen molar-refractivity contribution in [2.45, 2.75) is 24.3 Å². The highest BCUT2D eigenvalue weighted by molar-refractivity contribution is 9.10. The van der Waals surface area contributed by atoms with Crippen LogP contribution in [0, 0.1) is 17.0 Å². The van der Waals surface area contributed by atoms with Crippen molar-refractivity contribution in [3.05, 3.63) is 62.4 Å². The second-order valence-electron chi connectivity index (χ2n) is 6.64. The van der Waals surface area contributed by atoms with Crippen molar-refractivity contribution in [1.29, 1.82) is 0 Å². The number of thioether (sulfide) groups is 1. The van der Waals surface area contributed by atoms with Crippen molar-refractivity contribution in [3.63, 3.8) is 0 Å². The standard InChI is InChI=1S/C21H23BrN4O5S/c1-5-31-19-11-17(22)16(10-18(19)30-4)20(12-25(27)28)32-21-24-23-13(2)26(21)14-6-8-15(29-3)9-7-14/h6-11,20H,5,12H2,1-4H3/t20-/m0/s1. The van der Waals surface area contributed by atoms with Crippen LogP contribution >= 0.6 is 27.7 Å². The second kappa shape index (κ2) is 10.7. The van der Waals surface area contributed by atoms with Crippen molar-refractivity contribution >= 4 is 27.7 Å². The van der Waals surface area contributed by atoms with Gasteiger partial charge in [-0.2, -0.15) is 0 Å². The van der Waals surface area contributed by atoms with Crippen LogP contribution in [0.3, 0.4) is 0 Å². The third-order valence-electron chi connectivity index (χ3n) is 4.62. The summed E-state index contributed by atoms with van der Waals surface area (Å²) in [6.07, 6.45) is 0. The van der Waals surface area contributed by atoms with Gasteiger partial charge in [-0.05, 0) is 55.8 Å². The number of nitro groups is 1. The second-order valence-corrected chi connectivity index (χ2v) is 8.67. The van der Waals surface area contributed by atoms with E-state index in [2.05, 4.69) is 26.1 Å². The van der Waals surface area contributed by atoms with Crippen LogP contribution in [0.2, 0.25) is 0 Å². The third kappa shape index (κ3) is 5.33. The minimum Gasteiger partial charge on any atom is -0.497 e. The Morgan fingerprint density at radius 2 is 1.88 bits per heavy atom. The van der Waals surface area contributed by atoms with Gasteiger partial charge in [0.1, 0.15) is 16.8 Å². The van der Waals surface area contributed by atoms with E-state index in [4.69, 9.17) is 14.2 Å². The molecular weight excluding hydrogens is 500 g/mol. The van der Waals surface area contributed by atoms with Gasteiger partial charge in [-0.25, -0.2) is 0 Å². The molecule has 0 bridgehead atoms. The molecule has 0 fully saturated rings. The van der Waals surface area contributed by atoms with Crippen LogP contribution < -0.4 is 14.2 Å². The Kier molecular flexibility index (Phi) is 7.97. The molecule has 3 aromatic rings. The highest BCUT2D eigenvalue weighted by atomic mass is 79.9. The van der Waals surface area contributed by atoms with Crippen molar-refractivity contribution in [1.82, 2.24) is 14.8 Å². The Morgan fingerprint density at radius 3 is 2.47 bits per heavy atom. The summed E-state index contributed by atoms with van der Waals surface area (Å²) in [5.41, 5.74) is 1.54. The lowest BCUT2D eigenvalue weighted by molar-refractivity contribution is -0.479. The Morgan fingerprint density at radius 1 is 1.16 bits per heavy atom. The maximum absolute atomic E-state index is 11.5. The number of methoxy groups -OCH3 is 2. The van der Waals surface area contributed by atoms with E-state index in [1.165, 1.54) is 18.9 Å². The number of hydrogen-bond acceptors (Lipinski definition) is 8. The number of benzene rings is 2. The number of nitrogens with zero attached hydrogens (tertiary/aromatic N) is 4. The first-order valence-corrected chi connectivity index (χ1v) is 11.4. The molecule has 0 radical (unpaired) electrons. The zero-order valence-electron chi connectivity index (χ0n) is 18.1. The molecule has 0 N–H and O–H groups in total. The normalized spacial score (nSPS) is 11.8. The molecule has 0 unspecified atom stereocenters. The zero-order valence-corrected chi connectivity index (χ0v) is 20.5. The molecule has 0 aliphatic heterocycles. The predicted octanol–water partition coefficient (Wildman–Crippen LogP) is 4.86. The number of aromatic nitrogens is 3. The summed E-state index contributed by atoms with van der Waals surface area (Å²) in [6, 6.07) is 11.0. The summed E-state index contributed by atoms with van der Waals surface area (Å²) in [4.78, 5) is 11.2. The van der Waals surface area contributed by atoms with E-state index in [1.807, 2.05) is 42.7 Å². The number of hydrogen-bond donors (Lipinski definition) is 0. The van der Waals surface area contributed by atoms with E-state index in [1.54, 1.807) is 19.2 Å². The molecule has 0 amide bonds. The van der Waals surface area contributed by atoms with Gasteiger partial charge in [0, 0.05) is 15.1 Å². The molecule has 11 heteroatoms. The van der Waals surface area contributed by atoms with Crippen LogP contribution in [0.4, 0.5) is 0 Å². The van der Waals surface area contributed by atoms with Crippen LogP contribution in [0.15, 0.2) is 46.0 Å². The number of rotatable bonds is 10. The third-order valence-corrected chi connectivity index (χ3v) is 6.47. The summed E-state index contributed by atoms with van der Waals surface area (Å²) in [7, 11) is 3.14. The minimum atomic E-state index is -0.551. The Labute approximate surface area is 198 Å². The predicted molar refractivity (Wildman–Crippen MR) is 125 cm³/mol. The fourth-order valence-corrected chi connectivity index (χ4v) is 5.09. The van der Waals surface area contributed by atoms with Crippen LogP contribution in [0.25, 0.3) is 5.69 Å². The monoisotopic (exact) mass is 522 g/mol. The van der Waals surface area contributed by atoms with Gasteiger partial charge in [-0.1, -0.05) is 27.7 Å². The van der Waals surface area contributed by atoms with E-state index in [0.717, 1.165) is 11.4 Å². The van der Waals surface area contributed by atoms with E-state index >= 15 is 0 Å². The quantitative estimate of drug-likeness (QED) is 0.211. The molecule has 170 valence electrons. The van der Waals surface area contributed by atoms with Crippen molar-refractivity contribution in [2.24, 2.45) is 0 Å². The lowest BCUT2D eigenvalue weighted by atomic mass is 10.1. The molecule has 1 atom stereocenters. The smallest absolute Gasteiger partial charge is 0.220 e. The van der Waals surface area contributed by atoms with E-state index in [-0.39, 0.29) is 11.5 Å². The van der Waals surface area contributed by atoms with Gasteiger partial charge in [-0.3, -0.25) is 14.7 Å². The highest BCUT2D eigenvalue weighted by Crippen LogP contribution is 2.43. The molecule has 3 rings (SSSR count). The summed E-state index contributed by atoms with van der Waals surface area (Å²) < 4.78 is 18.8. The largest absolute Gasteiger partial charge is 0.497 e. The molecule has 1 aromatic heterocycles. The molecule has 0 spiro atoms. The zero-order chi connectivity index (χ0) is 23.3. The lowest BCUT2D eigenvalue weighted by Gasteiger charge is -2.18. The average Bonchev–Trinajstić information content (AvgIpc) is 3.13. The van der Waals surface area contributed by atoms with E-state index < -0.39 is 5.25 Å². The molecular formula is C21H23BrN4O5S. The Bertz CT molecular complexity index is 1090. The topological polar surface area (TPSA) is 102 Å². The van der Waals surface area contributed by atoms with Gasteiger partial charge < -0.3 is 14.2 Å². The van der Waals surface area contributed by atoms with Crippen LogP contribution in [0.1, 0.15) is 23.6 Å². The van der Waals surface area contributed by atoms with Crippen LogP contribution in [-0.4, -0.2) is 47.1 Å². The first-order chi connectivity index (χ1) is 15.4. The van der Waals surface area contributed by atoms with Crippen molar-refractivity contribution in [2.75, 3.05) is 27.4 Å². The van der Waals surface area contributed by atoms with E-state index in [0.29, 0.717) is 39.1 Å². The van der Waals surface area contributed by atoms with Gasteiger partial charge in [-0.15, -0.1) is 10.2 Å². The molecule has 2 aromatic carbocycles. The average molecular weight is 523 g/mol. The first-order valence-electron chi connectivity index (χ1n) is 9.73. The van der Waals surface area contributed by atoms with Gasteiger partial charge in [0.25, 0.3) is 0 Å². The molecule has 0 aliphatic rings. The van der Waals surface area contributed by atoms with Crippen molar-refractivity contribution in [3.8, 4) is 22.9 Å². The Hall–Kier alpha value is -2.79.